The highest BCUT2D eigenvalue weighted by Gasteiger charge is 2.28. The van der Waals surface area contributed by atoms with E-state index in [0.29, 0.717) is 29.8 Å². The minimum Gasteiger partial charge on any atom is -0.389 e. The minimum absolute atomic E-state index is 0.00848. The first kappa shape index (κ1) is 28.7. The predicted molar refractivity (Wildman–Crippen MR) is 154 cm³/mol. The second-order valence-electron chi connectivity index (χ2n) is 10.5. The SMILES string of the molecule is CC1=CCC(NC(=O)c2c(C)n(CC(C)(C)O)n(C3=CCC=CC=C3)c2=O)C=C1F.Cc1ncnc2[nH]ccc12. The fourth-order valence-electron chi connectivity index (χ4n) is 4.57. The first-order valence-electron chi connectivity index (χ1n) is 13.1. The van der Waals surface area contributed by atoms with Gasteiger partial charge in [0.05, 0.1) is 35.3 Å². The Morgan fingerprint density at radius 2 is 2.00 bits per heavy atom. The van der Waals surface area contributed by atoms with Crippen molar-refractivity contribution in [2.24, 2.45) is 0 Å². The van der Waals surface area contributed by atoms with E-state index in [4.69, 9.17) is 0 Å². The van der Waals surface area contributed by atoms with Gasteiger partial charge in [0.2, 0.25) is 0 Å². The van der Waals surface area contributed by atoms with E-state index in [1.807, 2.05) is 43.5 Å². The number of H-pyrrole nitrogens is 1. The molecule has 3 aromatic rings. The number of aliphatic hydroxyl groups is 1. The van der Waals surface area contributed by atoms with Crippen molar-refractivity contribution < 1.29 is 14.3 Å². The van der Waals surface area contributed by atoms with Crippen molar-refractivity contribution in [1.29, 1.82) is 0 Å². The summed E-state index contributed by atoms with van der Waals surface area (Å²) in [6, 6.07) is 1.46. The van der Waals surface area contributed by atoms with Gasteiger partial charge in [-0.1, -0.05) is 30.4 Å². The average Bonchev–Trinajstić information content (AvgIpc) is 3.34. The summed E-state index contributed by atoms with van der Waals surface area (Å²) < 4.78 is 16.9. The largest absolute Gasteiger partial charge is 0.389 e. The van der Waals surface area contributed by atoms with Crippen molar-refractivity contribution in [2.75, 3.05) is 0 Å². The molecule has 0 saturated heterocycles. The number of rotatable bonds is 5. The van der Waals surface area contributed by atoms with E-state index >= 15 is 0 Å². The van der Waals surface area contributed by atoms with Crippen LogP contribution in [0.15, 0.2) is 77.3 Å². The molecule has 2 aliphatic carbocycles. The van der Waals surface area contributed by atoms with Gasteiger partial charge in [0, 0.05) is 11.6 Å². The van der Waals surface area contributed by atoms with Crippen molar-refractivity contribution in [1.82, 2.24) is 29.6 Å². The van der Waals surface area contributed by atoms with Crippen molar-refractivity contribution in [3.8, 4) is 0 Å². The number of amides is 1. The lowest BCUT2D eigenvalue weighted by atomic mass is 10.0. The summed E-state index contributed by atoms with van der Waals surface area (Å²) in [4.78, 5) is 37.4. The lowest BCUT2D eigenvalue weighted by Gasteiger charge is -2.22. The van der Waals surface area contributed by atoms with Crippen LogP contribution >= 0.6 is 0 Å². The number of hydrogen-bond donors (Lipinski definition) is 3. The molecule has 0 fully saturated rings. The molecular weight excluding hydrogens is 511 g/mol. The molecule has 0 bridgehead atoms. The van der Waals surface area contributed by atoms with E-state index in [2.05, 4.69) is 20.3 Å². The van der Waals surface area contributed by atoms with Gasteiger partial charge in [-0.15, -0.1) is 0 Å². The first-order valence-corrected chi connectivity index (χ1v) is 13.1. The van der Waals surface area contributed by atoms with E-state index in [1.165, 1.54) is 10.8 Å². The molecule has 3 N–H and O–H groups in total. The van der Waals surface area contributed by atoms with Crippen molar-refractivity contribution >= 4 is 22.6 Å². The van der Waals surface area contributed by atoms with Gasteiger partial charge in [-0.25, -0.2) is 19.0 Å². The number of hydrogen-bond acceptors (Lipinski definition) is 5. The molecule has 0 saturated carbocycles. The molecule has 3 heterocycles. The number of aryl methyl sites for hydroxylation is 1. The average molecular weight is 547 g/mol. The highest BCUT2D eigenvalue weighted by Crippen LogP contribution is 2.21. The third-order valence-corrected chi connectivity index (χ3v) is 6.65. The number of fused-ring (bicyclic) bond motifs is 1. The van der Waals surface area contributed by atoms with Gasteiger partial charge in [-0.3, -0.25) is 14.3 Å². The Kier molecular flexibility index (Phi) is 8.49. The molecule has 3 aromatic heterocycles. The zero-order valence-corrected chi connectivity index (χ0v) is 23.4. The molecule has 2 aliphatic rings. The molecule has 40 heavy (non-hydrogen) atoms. The molecule has 5 rings (SSSR count). The Hall–Kier alpha value is -4.31. The monoisotopic (exact) mass is 546 g/mol. The first-order chi connectivity index (χ1) is 19.0. The molecule has 1 amide bonds. The normalized spacial score (nSPS) is 17.0. The zero-order valence-electron chi connectivity index (χ0n) is 23.4. The molecule has 0 radical (unpaired) electrons. The maximum Gasteiger partial charge on any atom is 0.284 e. The molecule has 210 valence electrons. The summed E-state index contributed by atoms with van der Waals surface area (Å²) in [7, 11) is 0. The molecular formula is C30H35FN6O3. The summed E-state index contributed by atoms with van der Waals surface area (Å²) in [5, 5.41) is 14.2. The van der Waals surface area contributed by atoms with E-state index in [0.717, 1.165) is 16.7 Å². The van der Waals surface area contributed by atoms with Gasteiger partial charge in [0.15, 0.2) is 0 Å². The van der Waals surface area contributed by atoms with E-state index in [1.54, 1.807) is 50.9 Å². The smallest absolute Gasteiger partial charge is 0.284 e. The summed E-state index contributed by atoms with van der Waals surface area (Å²) in [5.74, 6) is -0.930. The molecule has 10 heteroatoms. The van der Waals surface area contributed by atoms with Crippen LogP contribution in [-0.4, -0.2) is 47.0 Å². The second kappa shape index (κ2) is 11.8. The predicted octanol–water partition coefficient (Wildman–Crippen LogP) is 4.65. The number of aromatic amines is 1. The fraction of sp³-hybridized carbons (Fsp3) is 0.333. The van der Waals surface area contributed by atoms with Crippen LogP contribution < -0.4 is 10.9 Å². The number of halogens is 1. The Morgan fingerprint density at radius 1 is 1.23 bits per heavy atom. The Morgan fingerprint density at radius 3 is 2.70 bits per heavy atom. The van der Waals surface area contributed by atoms with Gasteiger partial charge in [-0.2, -0.15) is 0 Å². The Labute approximate surface area is 232 Å². The maximum atomic E-state index is 13.9. The number of carbonyl (C=O) groups excluding carboxylic acids is 1. The second-order valence-corrected chi connectivity index (χ2v) is 10.5. The number of nitrogens with one attached hydrogen (secondary N) is 2. The van der Waals surface area contributed by atoms with Gasteiger partial charge in [-0.05, 0) is 71.3 Å². The van der Waals surface area contributed by atoms with Crippen LogP contribution in [-0.2, 0) is 6.54 Å². The third-order valence-electron chi connectivity index (χ3n) is 6.65. The van der Waals surface area contributed by atoms with Crippen LogP contribution in [0.5, 0.6) is 0 Å². The van der Waals surface area contributed by atoms with E-state index in [-0.39, 0.29) is 17.9 Å². The minimum atomic E-state index is -1.10. The number of carbonyl (C=O) groups is 1. The van der Waals surface area contributed by atoms with Gasteiger partial charge >= 0.3 is 0 Å². The molecule has 1 atom stereocenters. The van der Waals surface area contributed by atoms with E-state index in [9.17, 15) is 19.1 Å². The lowest BCUT2D eigenvalue weighted by molar-refractivity contribution is 0.0548. The number of nitrogens with zero attached hydrogens (tertiary/aromatic N) is 4. The topological polar surface area (TPSA) is 118 Å². The van der Waals surface area contributed by atoms with Crippen LogP contribution in [0, 0.1) is 13.8 Å². The maximum absolute atomic E-state index is 13.9. The van der Waals surface area contributed by atoms with Crippen molar-refractivity contribution in [2.45, 2.75) is 65.6 Å². The number of allylic oxidation sites excluding steroid dienone is 8. The van der Waals surface area contributed by atoms with Crippen LogP contribution in [0.1, 0.15) is 55.4 Å². The molecule has 0 aliphatic heterocycles. The summed E-state index contributed by atoms with van der Waals surface area (Å²) in [6.07, 6.45) is 17.0. The highest BCUT2D eigenvalue weighted by atomic mass is 19.1. The Balaban J connectivity index is 0.000000307. The van der Waals surface area contributed by atoms with Gasteiger partial charge in [0.25, 0.3) is 11.5 Å². The zero-order chi connectivity index (χ0) is 29.0. The van der Waals surface area contributed by atoms with Gasteiger partial charge in [0.1, 0.15) is 23.4 Å². The van der Waals surface area contributed by atoms with Crippen molar-refractivity contribution in [3.05, 3.63) is 99.8 Å². The fourth-order valence-corrected chi connectivity index (χ4v) is 4.57. The third kappa shape index (κ3) is 6.45. The lowest BCUT2D eigenvalue weighted by Crippen LogP contribution is -2.37. The van der Waals surface area contributed by atoms with Crippen molar-refractivity contribution in [3.63, 3.8) is 0 Å². The Bertz CT molecular complexity index is 1620. The quantitative estimate of drug-likeness (QED) is 0.431. The summed E-state index contributed by atoms with van der Waals surface area (Å²) in [6.45, 7) is 8.73. The van der Waals surface area contributed by atoms with Crippen LogP contribution in [0.2, 0.25) is 0 Å². The summed E-state index contributed by atoms with van der Waals surface area (Å²) in [5.41, 5.74) is 1.95. The van der Waals surface area contributed by atoms with Crippen LogP contribution in [0.25, 0.3) is 16.7 Å². The number of aromatic nitrogens is 5. The molecule has 9 nitrogen and oxygen atoms in total. The van der Waals surface area contributed by atoms with Gasteiger partial charge < -0.3 is 15.4 Å². The molecule has 1 unspecified atom stereocenters. The molecule has 0 spiro atoms. The van der Waals surface area contributed by atoms with Crippen LogP contribution in [0.3, 0.4) is 0 Å². The standard InChI is InChI=1S/C23H28FN3O3.C7H7N3/c1-15-11-12-17(13-19(15)24)25-21(28)20-16(2)26(14-23(3,4)30)27(22(20)29)18-9-7-5-6-8-10-18;1-5-6-2-3-8-7(6)10-4-9-5/h5-7,9-11,13,17,30H,8,12,14H2,1-4H3,(H,25,28);2-4H,1H3,(H,8,9,10). The van der Waals surface area contributed by atoms with E-state index < -0.39 is 23.1 Å². The highest BCUT2D eigenvalue weighted by molar-refractivity contribution is 5.95. The molecule has 0 aromatic carbocycles. The van der Waals surface area contributed by atoms with Crippen LogP contribution in [0.4, 0.5) is 4.39 Å². The summed E-state index contributed by atoms with van der Waals surface area (Å²) >= 11 is 0.